The summed E-state index contributed by atoms with van der Waals surface area (Å²) in [4.78, 5) is 2.26. The standard InChI is InChI=1S/C12H19NO2/c1-4-13(5-2)9(3)10-6-11(14)8-12(15)7-10/h6-9,14-15H,4-5H2,1-3H3. The maximum absolute atomic E-state index is 9.39. The van der Waals surface area contributed by atoms with Crippen molar-refractivity contribution in [3.8, 4) is 11.5 Å². The minimum Gasteiger partial charge on any atom is -0.508 e. The molecule has 3 nitrogen and oxygen atoms in total. The Morgan fingerprint density at radius 1 is 1.07 bits per heavy atom. The summed E-state index contributed by atoms with van der Waals surface area (Å²) in [5, 5.41) is 18.8. The minimum absolute atomic E-state index is 0.115. The fraction of sp³-hybridized carbons (Fsp3) is 0.500. The molecule has 1 aromatic rings. The second-order valence-corrected chi connectivity index (χ2v) is 3.68. The van der Waals surface area contributed by atoms with Crippen molar-refractivity contribution in [2.75, 3.05) is 13.1 Å². The van der Waals surface area contributed by atoms with E-state index in [-0.39, 0.29) is 17.5 Å². The van der Waals surface area contributed by atoms with E-state index in [4.69, 9.17) is 0 Å². The van der Waals surface area contributed by atoms with Crippen molar-refractivity contribution in [3.63, 3.8) is 0 Å². The van der Waals surface area contributed by atoms with E-state index in [1.54, 1.807) is 12.1 Å². The molecule has 2 N–H and O–H groups in total. The van der Waals surface area contributed by atoms with Crippen molar-refractivity contribution in [1.82, 2.24) is 4.90 Å². The van der Waals surface area contributed by atoms with Crippen LogP contribution in [-0.2, 0) is 0 Å². The molecule has 1 unspecified atom stereocenters. The lowest BCUT2D eigenvalue weighted by Crippen LogP contribution is -2.26. The number of nitrogens with zero attached hydrogens (tertiary/aromatic N) is 1. The molecule has 1 aromatic carbocycles. The van der Waals surface area contributed by atoms with Crippen LogP contribution in [0.15, 0.2) is 18.2 Å². The van der Waals surface area contributed by atoms with Crippen LogP contribution in [0.4, 0.5) is 0 Å². The Bertz CT molecular complexity index is 301. The Balaban J connectivity index is 2.94. The monoisotopic (exact) mass is 209 g/mol. The third kappa shape index (κ3) is 2.86. The molecule has 0 spiro atoms. The van der Waals surface area contributed by atoms with Gasteiger partial charge in [0.15, 0.2) is 0 Å². The predicted molar refractivity (Wildman–Crippen MR) is 61.1 cm³/mol. The molecule has 84 valence electrons. The fourth-order valence-corrected chi connectivity index (χ4v) is 1.84. The van der Waals surface area contributed by atoms with Gasteiger partial charge in [-0.1, -0.05) is 13.8 Å². The maximum Gasteiger partial charge on any atom is 0.119 e. The summed E-state index contributed by atoms with van der Waals surface area (Å²) >= 11 is 0. The average Bonchev–Trinajstić information content (AvgIpc) is 2.18. The van der Waals surface area contributed by atoms with Gasteiger partial charge in [-0.25, -0.2) is 0 Å². The number of phenols is 2. The van der Waals surface area contributed by atoms with E-state index in [0.29, 0.717) is 0 Å². The second-order valence-electron chi connectivity index (χ2n) is 3.68. The second kappa shape index (κ2) is 5.03. The molecule has 3 heteroatoms. The zero-order valence-electron chi connectivity index (χ0n) is 9.57. The van der Waals surface area contributed by atoms with Gasteiger partial charge in [-0.05, 0) is 37.7 Å². The van der Waals surface area contributed by atoms with Crippen LogP contribution in [0.1, 0.15) is 32.4 Å². The minimum atomic E-state index is 0.115. The molecule has 1 atom stereocenters. The van der Waals surface area contributed by atoms with Gasteiger partial charge >= 0.3 is 0 Å². The van der Waals surface area contributed by atoms with Gasteiger partial charge in [0.1, 0.15) is 11.5 Å². The smallest absolute Gasteiger partial charge is 0.119 e. The quantitative estimate of drug-likeness (QED) is 0.800. The Morgan fingerprint density at radius 3 is 1.93 bits per heavy atom. The largest absolute Gasteiger partial charge is 0.508 e. The van der Waals surface area contributed by atoms with Gasteiger partial charge in [0.05, 0.1) is 0 Å². The summed E-state index contributed by atoms with van der Waals surface area (Å²) in [6, 6.07) is 4.95. The van der Waals surface area contributed by atoms with E-state index in [1.807, 2.05) is 0 Å². The Morgan fingerprint density at radius 2 is 1.53 bits per heavy atom. The van der Waals surface area contributed by atoms with Gasteiger partial charge in [0.25, 0.3) is 0 Å². The number of benzene rings is 1. The lowest BCUT2D eigenvalue weighted by molar-refractivity contribution is 0.233. The zero-order valence-corrected chi connectivity index (χ0v) is 9.57. The summed E-state index contributed by atoms with van der Waals surface area (Å²) in [5.41, 5.74) is 0.941. The Hall–Kier alpha value is -1.22. The highest BCUT2D eigenvalue weighted by Gasteiger charge is 2.13. The first kappa shape index (κ1) is 11.9. The third-order valence-corrected chi connectivity index (χ3v) is 2.77. The lowest BCUT2D eigenvalue weighted by atomic mass is 10.1. The van der Waals surface area contributed by atoms with Crippen molar-refractivity contribution in [1.29, 1.82) is 0 Å². The highest BCUT2D eigenvalue weighted by Crippen LogP contribution is 2.27. The number of hydrogen-bond donors (Lipinski definition) is 2. The van der Waals surface area contributed by atoms with Crippen molar-refractivity contribution in [2.45, 2.75) is 26.8 Å². The Kier molecular flexibility index (Phi) is 3.97. The summed E-state index contributed by atoms with van der Waals surface area (Å²) in [6.45, 7) is 8.18. The zero-order chi connectivity index (χ0) is 11.4. The Labute approximate surface area is 91.0 Å². The maximum atomic E-state index is 9.39. The van der Waals surface area contributed by atoms with Gasteiger partial charge in [-0.3, -0.25) is 4.90 Å². The van der Waals surface area contributed by atoms with E-state index < -0.39 is 0 Å². The molecule has 0 aromatic heterocycles. The molecule has 0 aliphatic heterocycles. The molecule has 15 heavy (non-hydrogen) atoms. The molecule has 0 amide bonds. The van der Waals surface area contributed by atoms with Crippen LogP contribution < -0.4 is 0 Å². The van der Waals surface area contributed by atoms with E-state index in [9.17, 15) is 10.2 Å². The molecule has 0 aliphatic carbocycles. The molecule has 0 saturated heterocycles. The highest BCUT2D eigenvalue weighted by atomic mass is 16.3. The number of rotatable bonds is 4. The topological polar surface area (TPSA) is 43.7 Å². The SMILES string of the molecule is CCN(CC)C(C)c1cc(O)cc(O)c1. The third-order valence-electron chi connectivity index (χ3n) is 2.77. The summed E-state index contributed by atoms with van der Waals surface area (Å²) < 4.78 is 0. The number of aromatic hydroxyl groups is 2. The van der Waals surface area contributed by atoms with Gasteiger partial charge in [0, 0.05) is 12.1 Å². The summed E-state index contributed by atoms with van der Waals surface area (Å²) in [7, 11) is 0. The van der Waals surface area contributed by atoms with Crippen LogP contribution in [0.2, 0.25) is 0 Å². The van der Waals surface area contributed by atoms with Crippen LogP contribution >= 0.6 is 0 Å². The molecule has 1 rings (SSSR count). The molecule has 0 radical (unpaired) electrons. The van der Waals surface area contributed by atoms with Gasteiger partial charge in [-0.2, -0.15) is 0 Å². The van der Waals surface area contributed by atoms with Gasteiger partial charge < -0.3 is 10.2 Å². The average molecular weight is 209 g/mol. The van der Waals surface area contributed by atoms with E-state index >= 15 is 0 Å². The summed E-state index contributed by atoms with van der Waals surface area (Å²) in [6.07, 6.45) is 0. The van der Waals surface area contributed by atoms with Gasteiger partial charge in [0.2, 0.25) is 0 Å². The molecular weight excluding hydrogens is 190 g/mol. The molecule has 0 heterocycles. The van der Waals surface area contributed by atoms with E-state index in [1.165, 1.54) is 6.07 Å². The number of phenolic OH excluding ortho intramolecular Hbond substituents is 2. The van der Waals surface area contributed by atoms with Crippen molar-refractivity contribution >= 4 is 0 Å². The first-order valence-corrected chi connectivity index (χ1v) is 5.35. The van der Waals surface area contributed by atoms with Crippen molar-refractivity contribution in [2.24, 2.45) is 0 Å². The fourth-order valence-electron chi connectivity index (χ4n) is 1.84. The van der Waals surface area contributed by atoms with Gasteiger partial charge in [-0.15, -0.1) is 0 Å². The molecular formula is C12H19NO2. The highest BCUT2D eigenvalue weighted by molar-refractivity contribution is 5.37. The normalized spacial score (nSPS) is 13.1. The van der Waals surface area contributed by atoms with Crippen LogP contribution in [0.5, 0.6) is 11.5 Å². The first-order valence-electron chi connectivity index (χ1n) is 5.35. The molecule has 0 aliphatic rings. The van der Waals surface area contributed by atoms with Crippen LogP contribution in [0.25, 0.3) is 0 Å². The van der Waals surface area contributed by atoms with Crippen molar-refractivity contribution < 1.29 is 10.2 Å². The van der Waals surface area contributed by atoms with Crippen LogP contribution in [-0.4, -0.2) is 28.2 Å². The van der Waals surface area contributed by atoms with E-state index in [2.05, 4.69) is 25.7 Å². The number of hydrogen-bond acceptors (Lipinski definition) is 3. The molecule has 0 saturated carbocycles. The lowest BCUT2D eigenvalue weighted by Gasteiger charge is -2.26. The molecule has 0 fully saturated rings. The van der Waals surface area contributed by atoms with Crippen LogP contribution in [0, 0.1) is 0 Å². The summed E-state index contributed by atoms with van der Waals surface area (Å²) in [5.74, 6) is 0.230. The van der Waals surface area contributed by atoms with Crippen molar-refractivity contribution in [3.05, 3.63) is 23.8 Å². The predicted octanol–water partition coefficient (Wildman–Crippen LogP) is 2.50. The van der Waals surface area contributed by atoms with E-state index in [0.717, 1.165) is 18.7 Å². The molecule has 0 bridgehead atoms. The first-order chi connectivity index (χ1) is 7.08. The van der Waals surface area contributed by atoms with Crippen LogP contribution in [0.3, 0.4) is 0 Å².